The molecular formula is C11H19N3O. The Hall–Kier alpha value is -1.16. The van der Waals surface area contributed by atoms with Gasteiger partial charge < -0.3 is 10.5 Å². The quantitative estimate of drug-likeness (QED) is 0.697. The van der Waals surface area contributed by atoms with Gasteiger partial charge in [0, 0.05) is 12.1 Å². The number of unbranched alkanes of at least 4 members (excludes halogenated alkanes) is 3. The van der Waals surface area contributed by atoms with Crippen LogP contribution in [0.2, 0.25) is 0 Å². The zero-order chi connectivity index (χ0) is 10.9. The van der Waals surface area contributed by atoms with Gasteiger partial charge in [0.15, 0.2) is 0 Å². The molecule has 0 spiro atoms. The lowest BCUT2D eigenvalue weighted by Crippen LogP contribution is -2.06. The van der Waals surface area contributed by atoms with Crippen LogP contribution in [0.5, 0.6) is 5.88 Å². The Labute approximate surface area is 90.8 Å². The third kappa shape index (κ3) is 4.25. The summed E-state index contributed by atoms with van der Waals surface area (Å²) in [7, 11) is 0. The zero-order valence-electron chi connectivity index (χ0n) is 9.28. The van der Waals surface area contributed by atoms with Gasteiger partial charge in [0.2, 0.25) is 5.88 Å². The first-order chi connectivity index (χ1) is 7.38. The molecule has 0 bridgehead atoms. The summed E-state index contributed by atoms with van der Waals surface area (Å²) < 4.78 is 5.52. The molecule has 0 atom stereocenters. The van der Waals surface area contributed by atoms with E-state index in [0.717, 1.165) is 12.0 Å². The number of rotatable bonds is 7. The van der Waals surface area contributed by atoms with E-state index in [2.05, 4.69) is 17.1 Å². The third-order valence-corrected chi connectivity index (χ3v) is 2.22. The molecule has 1 heterocycles. The summed E-state index contributed by atoms with van der Waals surface area (Å²) in [6, 6.07) is 1.84. The molecule has 0 saturated carbocycles. The maximum absolute atomic E-state index is 5.55. The molecule has 0 radical (unpaired) electrons. The average Bonchev–Trinajstić information content (AvgIpc) is 2.29. The van der Waals surface area contributed by atoms with Crippen LogP contribution in [0.1, 0.15) is 38.2 Å². The van der Waals surface area contributed by atoms with Crippen LogP contribution in [0.4, 0.5) is 0 Å². The summed E-state index contributed by atoms with van der Waals surface area (Å²) in [6.07, 6.45) is 6.39. The van der Waals surface area contributed by atoms with Crippen LogP contribution in [-0.2, 0) is 6.54 Å². The predicted molar refractivity (Wildman–Crippen MR) is 59.6 cm³/mol. The normalized spacial score (nSPS) is 10.3. The Bertz CT molecular complexity index is 278. The molecular weight excluding hydrogens is 190 g/mol. The van der Waals surface area contributed by atoms with Crippen molar-refractivity contribution < 1.29 is 4.74 Å². The van der Waals surface area contributed by atoms with Gasteiger partial charge >= 0.3 is 0 Å². The molecule has 0 unspecified atom stereocenters. The predicted octanol–water partition coefficient (Wildman–Crippen LogP) is 1.89. The molecule has 0 fully saturated rings. The van der Waals surface area contributed by atoms with Gasteiger partial charge in [0.1, 0.15) is 0 Å². The standard InChI is InChI=1S/C11H19N3O/c1-2-3-4-5-8-15-11-10(9-12)6-7-13-14-11/h6-7H,2-5,8-9,12H2,1H3. The van der Waals surface area contributed by atoms with Gasteiger partial charge in [-0.25, -0.2) is 0 Å². The molecule has 0 amide bonds. The van der Waals surface area contributed by atoms with Gasteiger partial charge in [-0.3, -0.25) is 0 Å². The van der Waals surface area contributed by atoms with E-state index in [1.54, 1.807) is 6.20 Å². The van der Waals surface area contributed by atoms with E-state index in [-0.39, 0.29) is 0 Å². The van der Waals surface area contributed by atoms with E-state index in [1.807, 2.05) is 6.07 Å². The summed E-state index contributed by atoms with van der Waals surface area (Å²) in [5, 5.41) is 7.69. The second-order valence-corrected chi connectivity index (χ2v) is 3.47. The highest BCUT2D eigenvalue weighted by molar-refractivity contribution is 5.22. The summed E-state index contributed by atoms with van der Waals surface area (Å²) in [5.74, 6) is 0.580. The molecule has 0 aliphatic carbocycles. The van der Waals surface area contributed by atoms with E-state index in [4.69, 9.17) is 10.5 Å². The molecule has 1 rings (SSSR count). The SMILES string of the molecule is CCCCCCOc1nnccc1CN. The lowest BCUT2D eigenvalue weighted by atomic mass is 10.2. The highest BCUT2D eigenvalue weighted by Crippen LogP contribution is 2.12. The lowest BCUT2D eigenvalue weighted by Gasteiger charge is -2.07. The van der Waals surface area contributed by atoms with Crippen molar-refractivity contribution in [2.45, 2.75) is 39.2 Å². The first kappa shape index (κ1) is 11.9. The minimum Gasteiger partial charge on any atom is -0.476 e. The number of nitrogens with two attached hydrogens (primary N) is 1. The highest BCUT2D eigenvalue weighted by Gasteiger charge is 2.02. The maximum atomic E-state index is 5.55. The van der Waals surface area contributed by atoms with Crippen molar-refractivity contribution in [2.24, 2.45) is 5.73 Å². The molecule has 15 heavy (non-hydrogen) atoms. The van der Waals surface area contributed by atoms with Gasteiger partial charge in [-0.2, -0.15) is 5.10 Å². The molecule has 0 aromatic carbocycles. The van der Waals surface area contributed by atoms with Crippen LogP contribution in [0, 0.1) is 0 Å². The minimum absolute atomic E-state index is 0.444. The average molecular weight is 209 g/mol. The van der Waals surface area contributed by atoms with Crippen LogP contribution >= 0.6 is 0 Å². The van der Waals surface area contributed by atoms with Gasteiger partial charge in [-0.15, -0.1) is 5.10 Å². The van der Waals surface area contributed by atoms with Crippen LogP contribution in [0.3, 0.4) is 0 Å². The topological polar surface area (TPSA) is 61.0 Å². The van der Waals surface area contributed by atoms with Gasteiger partial charge in [-0.1, -0.05) is 26.2 Å². The molecule has 2 N–H and O–H groups in total. The fourth-order valence-electron chi connectivity index (χ4n) is 1.32. The third-order valence-electron chi connectivity index (χ3n) is 2.22. The second-order valence-electron chi connectivity index (χ2n) is 3.47. The Balaban J connectivity index is 2.30. The lowest BCUT2D eigenvalue weighted by molar-refractivity contribution is 0.287. The Morgan fingerprint density at radius 3 is 2.93 bits per heavy atom. The number of nitrogens with zero attached hydrogens (tertiary/aromatic N) is 2. The van der Waals surface area contributed by atoms with E-state index in [1.165, 1.54) is 19.3 Å². The van der Waals surface area contributed by atoms with Gasteiger partial charge in [0.25, 0.3) is 0 Å². The molecule has 4 heteroatoms. The zero-order valence-corrected chi connectivity index (χ0v) is 9.28. The first-order valence-electron chi connectivity index (χ1n) is 5.52. The molecule has 1 aromatic rings. The summed E-state index contributed by atoms with van der Waals surface area (Å²) in [4.78, 5) is 0. The molecule has 4 nitrogen and oxygen atoms in total. The monoisotopic (exact) mass is 209 g/mol. The van der Waals surface area contributed by atoms with Crippen molar-refractivity contribution in [3.63, 3.8) is 0 Å². The molecule has 1 aromatic heterocycles. The van der Waals surface area contributed by atoms with Crippen LogP contribution < -0.4 is 10.5 Å². The van der Waals surface area contributed by atoms with E-state index in [0.29, 0.717) is 19.0 Å². The Morgan fingerprint density at radius 2 is 2.20 bits per heavy atom. The summed E-state index contributed by atoms with van der Waals surface area (Å²) >= 11 is 0. The maximum Gasteiger partial charge on any atom is 0.237 e. The first-order valence-corrected chi connectivity index (χ1v) is 5.52. The Kier molecular flexibility index (Phi) is 5.70. The minimum atomic E-state index is 0.444. The van der Waals surface area contributed by atoms with Crippen LogP contribution in [0.15, 0.2) is 12.3 Å². The molecule has 0 saturated heterocycles. The summed E-state index contributed by atoms with van der Waals surface area (Å²) in [6.45, 7) is 3.33. The fraction of sp³-hybridized carbons (Fsp3) is 0.636. The number of aromatic nitrogens is 2. The van der Waals surface area contributed by atoms with Crippen molar-refractivity contribution in [1.29, 1.82) is 0 Å². The van der Waals surface area contributed by atoms with Crippen molar-refractivity contribution in [2.75, 3.05) is 6.61 Å². The summed E-state index contributed by atoms with van der Waals surface area (Å²) in [5.41, 5.74) is 6.47. The van der Waals surface area contributed by atoms with Crippen molar-refractivity contribution in [3.05, 3.63) is 17.8 Å². The second kappa shape index (κ2) is 7.17. The fourth-order valence-corrected chi connectivity index (χ4v) is 1.32. The largest absolute Gasteiger partial charge is 0.476 e. The van der Waals surface area contributed by atoms with Gasteiger partial charge in [-0.05, 0) is 12.5 Å². The van der Waals surface area contributed by atoms with Crippen molar-refractivity contribution >= 4 is 0 Å². The van der Waals surface area contributed by atoms with E-state index < -0.39 is 0 Å². The van der Waals surface area contributed by atoms with Gasteiger partial charge in [0.05, 0.1) is 12.8 Å². The molecule has 0 aliphatic heterocycles. The van der Waals surface area contributed by atoms with Crippen molar-refractivity contribution in [3.8, 4) is 5.88 Å². The van der Waals surface area contributed by atoms with E-state index >= 15 is 0 Å². The van der Waals surface area contributed by atoms with E-state index in [9.17, 15) is 0 Å². The van der Waals surface area contributed by atoms with Crippen LogP contribution in [0.25, 0.3) is 0 Å². The number of hydrogen-bond donors (Lipinski definition) is 1. The Morgan fingerprint density at radius 1 is 1.33 bits per heavy atom. The smallest absolute Gasteiger partial charge is 0.237 e. The van der Waals surface area contributed by atoms with Crippen molar-refractivity contribution in [1.82, 2.24) is 10.2 Å². The number of hydrogen-bond acceptors (Lipinski definition) is 4. The highest BCUT2D eigenvalue weighted by atomic mass is 16.5. The molecule has 0 aliphatic rings. The number of ether oxygens (including phenoxy) is 1. The van der Waals surface area contributed by atoms with Crippen LogP contribution in [-0.4, -0.2) is 16.8 Å². The molecule has 84 valence electrons.